The minimum atomic E-state index is -0.431. The Morgan fingerprint density at radius 1 is 1.33 bits per heavy atom. The summed E-state index contributed by atoms with van der Waals surface area (Å²) in [6.07, 6.45) is -0.251. The van der Waals surface area contributed by atoms with Crippen molar-refractivity contribution >= 4 is 0 Å². The molecule has 0 radical (unpaired) electrons. The van der Waals surface area contributed by atoms with Gasteiger partial charge in [-0.2, -0.15) is 0 Å². The standard InChI is InChI=1S/C8H19NO3/c1-7(12-3)4-9-5-8(10)6-11-2/h7-10H,4-6H2,1-3H3. The van der Waals surface area contributed by atoms with Crippen LogP contribution in [0.5, 0.6) is 0 Å². The first-order valence-corrected chi connectivity index (χ1v) is 4.11. The molecule has 0 amide bonds. The molecule has 0 aromatic heterocycles. The van der Waals surface area contributed by atoms with Crippen molar-refractivity contribution in [3.63, 3.8) is 0 Å². The number of methoxy groups -OCH3 is 2. The quantitative estimate of drug-likeness (QED) is 0.556. The molecule has 2 atom stereocenters. The zero-order valence-electron chi connectivity index (χ0n) is 8.04. The van der Waals surface area contributed by atoms with Crippen LogP contribution in [0.2, 0.25) is 0 Å². The van der Waals surface area contributed by atoms with Crippen LogP contribution in [0, 0.1) is 0 Å². The van der Waals surface area contributed by atoms with Crippen molar-refractivity contribution < 1.29 is 14.6 Å². The summed E-state index contributed by atoms with van der Waals surface area (Å²) >= 11 is 0. The Morgan fingerprint density at radius 3 is 2.50 bits per heavy atom. The maximum absolute atomic E-state index is 9.21. The second-order valence-corrected chi connectivity index (χ2v) is 2.81. The highest BCUT2D eigenvalue weighted by Gasteiger charge is 2.03. The lowest BCUT2D eigenvalue weighted by Crippen LogP contribution is -2.34. The molecule has 0 fully saturated rings. The summed E-state index contributed by atoms with van der Waals surface area (Å²) in [6, 6.07) is 0. The number of aliphatic hydroxyl groups is 1. The molecule has 0 rings (SSSR count). The van der Waals surface area contributed by atoms with E-state index in [1.54, 1.807) is 14.2 Å². The van der Waals surface area contributed by atoms with Gasteiger partial charge >= 0.3 is 0 Å². The fraction of sp³-hybridized carbons (Fsp3) is 1.00. The highest BCUT2D eigenvalue weighted by molar-refractivity contribution is 4.60. The van der Waals surface area contributed by atoms with E-state index in [0.29, 0.717) is 13.2 Å². The van der Waals surface area contributed by atoms with Gasteiger partial charge in [-0.1, -0.05) is 0 Å². The summed E-state index contributed by atoms with van der Waals surface area (Å²) in [6.45, 7) is 3.63. The van der Waals surface area contributed by atoms with E-state index < -0.39 is 6.10 Å². The van der Waals surface area contributed by atoms with E-state index in [0.717, 1.165) is 6.54 Å². The molecule has 12 heavy (non-hydrogen) atoms. The number of hydrogen-bond donors (Lipinski definition) is 2. The van der Waals surface area contributed by atoms with Crippen LogP contribution in [0.1, 0.15) is 6.92 Å². The monoisotopic (exact) mass is 177 g/mol. The summed E-state index contributed by atoms with van der Waals surface area (Å²) in [5.41, 5.74) is 0. The third kappa shape index (κ3) is 6.54. The van der Waals surface area contributed by atoms with Crippen molar-refractivity contribution in [2.75, 3.05) is 33.9 Å². The molecular formula is C8H19NO3. The Morgan fingerprint density at radius 2 is 2.00 bits per heavy atom. The van der Waals surface area contributed by atoms with Crippen LogP contribution in [0.15, 0.2) is 0 Å². The van der Waals surface area contributed by atoms with Crippen LogP contribution in [0.4, 0.5) is 0 Å². The van der Waals surface area contributed by atoms with Gasteiger partial charge in [0.25, 0.3) is 0 Å². The molecule has 2 N–H and O–H groups in total. The fourth-order valence-electron chi connectivity index (χ4n) is 0.788. The molecule has 0 aliphatic rings. The van der Waals surface area contributed by atoms with E-state index in [9.17, 15) is 5.11 Å². The Hall–Kier alpha value is -0.160. The molecular weight excluding hydrogens is 158 g/mol. The Bertz CT molecular complexity index is 100. The van der Waals surface area contributed by atoms with E-state index >= 15 is 0 Å². The predicted octanol–water partition coefficient (Wildman–Crippen LogP) is -0.382. The molecule has 2 unspecified atom stereocenters. The Labute approximate surface area is 73.9 Å². The molecule has 0 aromatic carbocycles. The third-order valence-corrected chi connectivity index (χ3v) is 1.57. The van der Waals surface area contributed by atoms with Gasteiger partial charge in [-0.05, 0) is 6.92 Å². The largest absolute Gasteiger partial charge is 0.389 e. The number of nitrogens with one attached hydrogen (secondary N) is 1. The lowest BCUT2D eigenvalue weighted by atomic mass is 10.3. The minimum Gasteiger partial charge on any atom is -0.389 e. The van der Waals surface area contributed by atoms with Crippen molar-refractivity contribution in [3.8, 4) is 0 Å². The van der Waals surface area contributed by atoms with E-state index in [1.165, 1.54) is 0 Å². The topological polar surface area (TPSA) is 50.7 Å². The van der Waals surface area contributed by atoms with Crippen LogP contribution >= 0.6 is 0 Å². The third-order valence-electron chi connectivity index (χ3n) is 1.57. The van der Waals surface area contributed by atoms with Gasteiger partial charge in [-0.15, -0.1) is 0 Å². The van der Waals surface area contributed by atoms with Crippen LogP contribution < -0.4 is 5.32 Å². The predicted molar refractivity (Wildman–Crippen MR) is 47.2 cm³/mol. The summed E-state index contributed by atoms with van der Waals surface area (Å²) in [4.78, 5) is 0. The first kappa shape index (κ1) is 11.8. The molecule has 0 aliphatic carbocycles. The molecule has 0 aliphatic heterocycles. The molecule has 4 heteroatoms. The average molecular weight is 177 g/mol. The van der Waals surface area contributed by atoms with Crippen molar-refractivity contribution in [2.24, 2.45) is 0 Å². The second kappa shape index (κ2) is 7.49. The normalized spacial score (nSPS) is 16.0. The summed E-state index contributed by atoms with van der Waals surface area (Å²) < 4.78 is 9.78. The molecule has 0 aromatic rings. The lowest BCUT2D eigenvalue weighted by Gasteiger charge is -2.13. The molecule has 0 spiro atoms. The van der Waals surface area contributed by atoms with Crippen LogP contribution in [-0.4, -0.2) is 51.2 Å². The van der Waals surface area contributed by atoms with E-state index in [2.05, 4.69) is 5.32 Å². The summed E-state index contributed by atoms with van der Waals surface area (Å²) in [5.74, 6) is 0. The smallest absolute Gasteiger partial charge is 0.0897 e. The van der Waals surface area contributed by atoms with Gasteiger partial charge in [0, 0.05) is 27.3 Å². The molecule has 0 saturated heterocycles. The van der Waals surface area contributed by atoms with E-state index in [1.807, 2.05) is 6.92 Å². The van der Waals surface area contributed by atoms with E-state index in [4.69, 9.17) is 9.47 Å². The number of rotatable bonds is 7. The van der Waals surface area contributed by atoms with Gasteiger partial charge in [0.2, 0.25) is 0 Å². The van der Waals surface area contributed by atoms with Gasteiger partial charge in [0.15, 0.2) is 0 Å². The average Bonchev–Trinajstić information content (AvgIpc) is 2.04. The summed E-state index contributed by atoms with van der Waals surface area (Å²) in [7, 11) is 3.24. The van der Waals surface area contributed by atoms with Gasteiger partial charge in [-0.3, -0.25) is 0 Å². The zero-order chi connectivity index (χ0) is 9.40. The molecule has 4 nitrogen and oxygen atoms in total. The first-order valence-electron chi connectivity index (χ1n) is 4.11. The zero-order valence-corrected chi connectivity index (χ0v) is 8.04. The van der Waals surface area contributed by atoms with Crippen molar-refractivity contribution in [1.82, 2.24) is 5.32 Å². The van der Waals surface area contributed by atoms with Crippen LogP contribution in [-0.2, 0) is 9.47 Å². The van der Waals surface area contributed by atoms with Crippen molar-refractivity contribution in [3.05, 3.63) is 0 Å². The minimum absolute atomic E-state index is 0.180. The highest BCUT2D eigenvalue weighted by atomic mass is 16.5. The molecule has 0 bridgehead atoms. The van der Waals surface area contributed by atoms with Gasteiger partial charge in [0.1, 0.15) is 0 Å². The SMILES string of the molecule is COCC(O)CNCC(C)OC. The second-order valence-electron chi connectivity index (χ2n) is 2.81. The summed E-state index contributed by atoms with van der Waals surface area (Å²) in [5, 5.41) is 12.3. The maximum atomic E-state index is 9.21. The Kier molecular flexibility index (Phi) is 7.39. The van der Waals surface area contributed by atoms with Crippen molar-refractivity contribution in [2.45, 2.75) is 19.1 Å². The van der Waals surface area contributed by atoms with E-state index in [-0.39, 0.29) is 6.10 Å². The molecule has 74 valence electrons. The number of aliphatic hydroxyl groups excluding tert-OH is 1. The van der Waals surface area contributed by atoms with Crippen LogP contribution in [0.3, 0.4) is 0 Å². The highest BCUT2D eigenvalue weighted by Crippen LogP contribution is 1.85. The lowest BCUT2D eigenvalue weighted by molar-refractivity contribution is 0.0594. The maximum Gasteiger partial charge on any atom is 0.0897 e. The van der Waals surface area contributed by atoms with Gasteiger partial charge < -0.3 is 19.9 Å². The molecule has 0 heterocycles. The van der Waals surface area contributed by atoms with Crippen LogP contribution in [0.25, 0.3) is 0 Å². The first-order chi connectivity index (χ1) is 5.70. The number of hydrogen-bond acceptors (Lipinski definition) is 4. The van der Waals surface area contributed by atoms with Gasteiger partial charge in [0.05, 0.1) is 18.8 Å². The fourth-order valence-corrected chi connectivity index (χ4v) is 0.788. The molecule has 0 saturated carbocycles. The Balaban J connectivity index is 3.18. The number of ether oxygens (including phenoxy) is 2. The van der Waals surface area contributed by atoms with Crippen molar-refractivity contribution in [1.29, 1.82) is 0 Å². The van der Waals surface area contributed by atoms with Gasteiger partial charge in [-0.25, -0.2) is 0 Å².